The second-order valence-corrected chi connectivity index (χ2v) is 8.69. The number of rotatable bonds is 4. The zero-order valence-corrected chi connectivity index (χ0v) is 16.8. The van der Waals surface area contributed by atoms with Gasteiger partial charge in [-0.25, -0.2) is 0 Å². The van der Waals surface area contributed by atoms with Gasteiger partial charge in [0.2, 0.25) is 0 Å². The van der Waals surface area contributed by atoms with Crippen LogP contribution in [0.3, 0.4) is 0 Å². The second-order valence-electron chi connectivity index (χ2n) is 8.25. The average Bonchev–Trinajstić information content (AvgIpc) is 2.78. The van der Waals surface area contributed by atoms with E-state index >= 15 is 0 Å². The molecular formula is C22H24ClNO3. The largest absolute Gasteiger partial charge is 0.375 e. The van der Waals surface area contributed by atoms with E-state index in [9.17, 15) is 14.7 Å². The van der Waals surface area contributed by atoms with Gasteiger partial charge in [-0.05, 0) is 30.7 Å². The van der Waals surface area contributed by atoms with Crippen molar-refractivity contribution < 1.29 is 14.7 Å². The molecule has 0 saturated carbocycles. The van der Waals surface area contributed by atoms with E-state index in [0.717, 1.165) is 11.1 Å². The number of carbonyl (C=O) groups excluding carboxylic acids is 2. The lowest BCUT2D eigenvalue weighted by molar-refractivity contribution is -0.144. The van der Waals surface area contributed by atoms with Gasteiger partial charge in [-0.3, -0.25) is 9.59 Å². The van der Waals surface area contributed by atoms with Gasteiger partial charge in [0.25, 0.3) is 5.91 Å². The molecule has 142 valence electrons. The van der Waals surface area contributed by atoms with Crippen LogP contribution in [0.5, 0.6) is 0 Å². The Morgan fingerprint density at radius 2 is 1.78 bits per heavy atom. The number of fused-ring (bicyclic) bond motifs is 1. The van der Waals surface area contributed by atoms with Crippen molar-refractivity contribution in [3.05, 3.63) is 64.2 Å². The average molecular weight is 386 g/mol. The molecule has 0 aliphatic carbocycles. The molecule has 0 fully saturated rings. The highest BCUT2D eigenvalue weighted by Gasteiger charge is 2.51. The van der Waals surface area contributed by atoms with Gasteiger partial charge in [0.15, 0.2) is 5.60 Å². The van der Waals surface area contributed by atoms with E-state index in [4.69, 9.17) is 11.6 Å². The fourth-order valence-electron chi connectivity index (χ4n) is 3.22. The molecule has 5 heteroatoms. The number of aliphatic hydroxyl groups is 1. The molecule has 2 aromatic carbocycles. The molecule has 4 nitrogen and oxygen atoms in total. The maximum atomic E-state index is 13.2. The van der Waals surface area contributed by atoms with Crippen molar-refractivity contribution >= 4 is 29.0 Å². The fraction of sp³-hybridized carbons (Fsp3) is 0.364. The Labute approximate surface area is 164 Å². The summed E-state index contributed by atoms with van der Waals surface area (Å²) in [5.74, 6) is -0.667. The summed E-state index contributed by atoms with van der Waals surface area (Å²) in [6.07, 6.45) is -0.271. The molecule has 0 saturated heterocycles. The number of halogens is 1. The monoisotopic (exact) mass is 385 g/mol. The van der Waals surface area contributed by atoms with Crippen LogP contribution in [0.1, 0.15) is 43.9 Å². The summed E-state index contributed by atoms with van der Waals surface area (Å²) in [7, 11) is 0. The minimum absolute atomic E-state index is 0.179. The molecule has 1 N–H and O–H groups in total. The van der Waals surface area contributed by atoms with Gasteiger partial charge < -0.3 is 10.0 Å². The van der Waals surface area contributed by atoms with Gasteiger partial charge >= 0.3 is 0 Å². The molecule has 0 spiro atoms. The van der Waals surface area contributed by atoms with Crippen molar-refractivity contribution in [2.24, 2.45) is 5.41 Å². The predicted octanol–water partition coefficient (Wildman–Crippen LogP) is 4.39. The lowest BCUT2D eigenvalue weighted by atomic mass is 9.81. The number of hydrogen-bond acceptors (Lipinski definition) is 3. The first-order valence-electron chi connectivity index (χ1n) is 8.95. The van der Waals surface area contributed by atoms with E-state index in [1.165, 1.54) is 4.90 Å². The highest BCUT2D eigenvalue weighted by atomic mass is 35.5. The molecule has 0 radical (unpaired) electrons. The Hall–Kier alpha value is -2.17. The van der Waals surface area contributed by atoms with Crippen LogP contribution in [0.25, 0.3) is 0 Å². The van der Waals surface area contributed by atoms with Crippen molar-refractivity contribution in [1.29, 1.82) is 0 Å². The van der Waals surface area contributed by atoms with Crippen LogP contribution in [-0.2, 0) is 21.7 Å². The molecule has 27 heavy (non-hydrogen) atoms. The Bertz CT molecular complexity index is 899. The summed E-state index contributed by atoms with van der Waals surface area (Å²) < 4.78 is 0. The minimum Gasteiger partial charge on any atom is -0.375 e. The Balaban J connectivity index is 2.02. The summed E-state index contributed by atoms with van der Waals surface area (Å²) in [6, 6.07) is 12.9. The molecule has 0 aromatic heterocycles. The number of Topliss-reactive ketones (excluding diaryl/α,β-unsaturated/α-hetero) is 1. The van der Waals surface area contributed by atoms with Gasteiger partial charge in [-0.15, -0.1) is 0 Å². The van der Waals surface area contributed by atoms with Crippen molar-refractivity contribution in [3.8, 4) is 0 Å². The molecule has 1 aliphatic heterocycles. The van der Waals surface area contributed by atoms with Crippen LogP contribution >= 0.6 is 11.6 Å². The van der Waals surface area contributed by atoms with E-state index in [2.05, 4.69) is 0 Å². The van der Waals surface area contributed by atoms with Gasteiger partial charge in [-0.1, -0.05) is 62.2 Å². The normalized spacial score (nSPS) is 19.3. The maximum Gasteiger partial charge on any atom is 0.264 e. The smallest absolute Gasteiger partial charge is 0.264 e. The highest BCUT2D eigenvalue weighted by molar-refractivity contribution is 6.31. The Kier molecular flexibility index (Phi) is 4.91. The second kappa shape index (κ2) is 6.77. The van der Waals surface area contributed by atoms with E-state index in [0.29, 0.717) is 22.8 Å². The van der Waals surface area contributed by atoms with Crippen LogP contribution in [0, 0.1) is 12.3 Å². The number of hydrogen-bond donors (Lipinski definition) is 1. The van der Waals surface area contributed by atoms with Gasteiger partial charge in [0, 0.05) is 22.4 Å². The predicted molar refractivity (Wildman–Crippen MR) is 107 cm³/mol. The number of carbonyl (C=O) groups is 2. The molecule has 1 heterocycles. The molecule has 2 aromatic rings. The molecule has 3 rings (SSSR count). The molecule has 1 aliphatic rings. The molecule has 1 amide bonds. The number of nitrogens with zero attached hydrogens (tertiary/aromatic N) is 1. The number of anilines is 1. The van der Waals surface area contributed by atoms with E-state index in [1.807, 2.05) is 31.2 Å². The van der Waals surface area contributed by atoms with Gasteiger partial charge in [0.1, 0.15) is 5.78 Å². The minimum atomic E-state index is -1.89. The highest BCUT2D eigenvalue weighted by Crippen LogP contribution is 2.45. The van der Waals surface area contributed by atoms with Crippen LogP contribution in [0.2, 0.25) is 5.02 Å². The van der Waals surface area contributed by atoms with Crippen molar-refractivity contribution in [1.82, 2.24) is 0 Å². The van der Waals surface area contributed by atoms with Crippen LogP contribution in [0.4, 0.5) is 5.69 Å². The maximum absolute atomic E-state index is 13.2. The van der Waals surface area contributed by atoms with Gasteiger partial charge in [-0.2, -0.15) is 0 Å². The van der Waals surface area contributed by atoms with Crippen LogP contribution < -0.4 is 4.90 Å². The number of benzene rings is 2. The lowest BCUT2D eigenvalue weighted by Gasteiger charge is -2.26. The summed E-state index contributed by atoms with van der Waals surface area (Å²) in [5, 5.41) is 11.7. The third-order valence-electron chi connectivity index (χ3n) is 5.01. The first-order valence-corrected chi connectivity index (χ1v) is 9.33. The summed E-state index contributed by atoms with van der Waals surface area (Å²) in [6.45, 7) is 7.65. The Morgan fingerprint density at radius 3 is 2.37 bits per heavy atom. The number of aryl methyl sites for hydroxylation is 1. The topological polar surface area (TPSA) is 57.6 Å². The SMILES string of the molecule is Cc1ccc(CN2C(=O)[C@](O)(CC(=O)C(C)(C)C)c3cc(Cl)ccc32)cc1. The number of ketones is 1. The molecular weight excluding hydrogens is 362 g/mol. The standard InChI is InChI=1S/C22H24ClNO3/c1-14-5-7-15(8-6-14)13-24-18-10-9-16(23)11-17(18)22(27,20(24)26)12-19(25)21(2,3)4/h5-11,27H,12-13H2,1-4H3/t22-/m0/s1. The van der Waals surface area contributed by atoms with Crippen LogP contribution in [0.15, 0.2) is 42.5 Å². The zero-order chi connectivity index (χ0) is 20.0. The van der Waals surface area contributed by atoms with Crippen molar-refractivity contribution in [3.63, 3.8) is 0 Å². The van der Waals surface area contributed by atoms with Crippen LogP contribution in [-0.4, -0.2) is 16.8 Å². The van der Waals surface area contributed by atoms with E-state index in [1.54, 1.807) is 39.0 Å². The van der Waals surface area contributed by atoms with Crippen molar-refractivity contribution in [2.45, 2.75) is 46.3 Å². The lowest BCUT2D eigenvalue weighted by Crippen LogP contribution is -2.43. The quantitative estimate of drug-likeness (QED) is 0.849. The van der Waals surface area contributed by atoms with E-state index in [-0.39, 0.29) is 12.2 Å². The molecule has 1 atom stereocenters. The first kappa shape index (κ1) is 19.6. The van der Waals surface area contributed by atoms with Gasteiger partial charge in [0.05, 0.1) is 12.2 Å². The zero-order valence-electron chi connectivity index (χ0n) is 16.0. The third-order valence-corrected chi connectivity index (χ3v) is 5.24. The summed E-state index contributed by atoms with van der Waals surface area (Å²) >= 11 is 6.12. The Morgan fingerprint density at radius 1 is 1.15 bits per heavy atom. The molecule has 0 bridgehead atoms. The summed E-state index contributed by atoms with van der Waals surface area (Å²) in [4.78, 5) is 27.3. The third kappa shape index (κ3) is 3.64. The van der Waals surface area contributed by atoms with Crippen molar-refractivity contribution in [2.75, 3.05) is 4.90 Å². The first-order chi connectivity index (χ1) is 12.5. The summed E-state index contributed by atoms with van der Waals surface area (Å²) in [5.41, 5.74) is 0.514. The molecule has 0 unspecified atom stereocenters. The number of amides is 1. The fourth-order valence-corrected chi connectivity index (χ4v) is 3.40. The van der Waals surface area contributed by atoms with E-state index < -0.39 is 16.9 Å².